The second kappa shape index (κ2) is 6.61. The fraction of sp³-hybridized carbons (Fsp3) is 0.296. The molecule has 0 aliphatic carbocycles. The fourth-order valence-electron chi connectivity index (χ4n) is 5.83. The van der Waals surface area contributed by atoms with Crippen molar-refractivity contribution in [1.82, 2.24) is 0 Å². The topological polar surface area (TPSA) is 34.1 Å². The van der Waals surface area contributed by atoms with Gasteiger partial charge in [0.05, 0.1) is 5.69 Å². The Morgan fingerprint density at radius 2 is 1.71 bits per heavy atom. The number of benzene rings is 3. The lowest BCUT2D eigenvalue weighted by Crippen LogP contribution is -2.55. The summed E-state index contributed by atoms with van der Waals surface area (Å²) in [5.41, 5.74) is 6.18. The molecule has 2 atom stereocenters. The number of rotatable bonds is 4. The van der Waals surface area contributed by atoms with E-state index in [1.807, 2.05) is 36.4 Å². The number of para-hydroxylation sites is 2. The highest BCUT2D eigenvalue weighted by Crippen LogP contribution is 2.59. The minimum atomic E-state index is -0.0759. The summed E-state index contributed by atoms with van der Waals surface area (Å²) in [4.78, 5) is 8.56. The summed E-state index contributed by atoms with van der Waals surface area (Å²) >= 11 is 0. The summed E-state index contributed by atoms with van der Waals surface area (Å²) in [5, 5.41) is 4.64. The molecule has 0 bridgehead atoms. The Kier molecular flexibility index (Phi) is 3.95. The second-order valence-corrected chi connectivity index (χ2v) is 8.77. The molecule has 3 aliphatic heterocycles. The molecular formula is C27H26N2O2. The number of hydrogen-bond donors (Lipinski definition) is 0. The monoisotopic (exact) mass is 410 g/mol. The molecule has 0 spiro atoms. The maximum absolute atomic E-state index is 6.21. The van der Waals surface area contributed by atoms with E-state index in [4.69, 9.17) is 9.57 Å². The summed E-state index contributed by atoms with van der Waals surface area (Å²) < 4.78 is 6.13. The van der Waals surface area contributed by atoms with Crippen molar-refractivity contribution in [3.05, 3.63) is 77.9 Å². The average molecular weight is 411 g/mol. The van der Waals surface area contributed by atoms with Gasteiger partial charge in [0.15, 0.2) is 5.84 Å². The van der Waals surface area contributed by atoms with Gasteiger partial charge in [0.1, 0.15) is 11.5 Å². The van der Waals surface area contributed by atoms with Gasteiger partial charge >= 0.3 is 0 Å². The molecule has 3 aromatic rings. The molecule has 3 heterocycles. The minimum Gasteiger partial charge on any atom is -0.457 e. The number of nitrogens with zero attached hydrogens (tertiary/aromatic N) is 2. The fourth-order valence-corrected chi connectivity index (χ4v) is 5.83. The smallest absolute Gasteiger partial charge is 0.211 e. The second-order valence-electron chi connectivity index (χ2n) is 8.77. The van der Waals surface area contributed by atoms with Gasteiger partial charge in [-0.05, 0) is 60.2 Å². The van der Waals surface area contributed by atoms with E-state index in [0.29, 0.717) is 5.92 Å². The molecule has 2 unspecified atom stereocenters. The summed E-state index contributed by atoms with van der Waals surface area (Å²) in [7, 11) is 0. The Morgan fingerprint density at radius 1 is 0.903 bits per heavy atom. The van der Waals surface area contributed by atoms with Gasteiger partial charge in [-0.25, -0.2) is 0 Å². The van der Waals surface area contributed by atoms with E-state index in [-0.39, 0.29) is 11.6 Å². The number of fused-ring (bicyclic) bond motifs is 3. The molecule has 31 heavy (non-hydrogen) atoms. The zero-order valence-corrected chi connectivity index (χ0v) is 18.1. The van der Waals surface area contributed by atoms with Gasteiger partial charge < -0.3 is 9.57 Å². The third kappa shape index (κ3) is 2.39. The summed E-state index contributed by atoms with van der Waals surface area (Å²) in [5.74, 6) is 2.93. The SMILES string of the molecule is CCC1(CC)C(C)c2cccc3c2N2C(=NOC21)c1cc(Oc2ccccc2)ccc1-3. The molecule has 0 saturated heterocycles. The van der Waals surface area contributed by atoms with Crippen LogP contribution in [0.25, 0.3) is 11.1 Å². The van der Waals surface area contributed by atoms with Crippen molar-refractivity contribution in [3.8, 4) is 22.6 Å². The largest absolute Gasteiger partial charge is 0.457 e. The first kappa shape index (κ1) is 18.5. The molecule has 3 aliphatic rings. The molecule has 0 amide bonds. The predicted molar refractivity (Wildman–Crippen MR) is 124 cm³/mol. The highest BCUT2D eigenvalue weighted by Gasteiger charge is 2.56. The number of amidine groups is 1. The van der Waals surface area contributed by atoms with Crippen LogP contribution in [0.3, 0.4) is 0 Å². The van der Waals surface area contributed by atoms with E-state index in [1.54, 1.807) is 0 Å². The summed E-state index contributed by atoms with van der Waals surface area (Å²) in [6.45, 7) is 6.91. The molecule has 0 radical (unpaired) electrons. The van der Waals surface area contributed by atoms with E-state index in [1.165, 1.54) is 22.4 Å². The third-order valence-electron chi connectivity index (χ3n) is 7.65. The van der Waals surface area contributed by atoms with Gasteiger partial charge in [0.25, 0.3) is 0 Å². The van der Waals surface area contributed by atoms with Crippen molar-refractivity contribution in [2.75, 3.05) is 4.90 Å². The van der Waals surface area contributed by atoms with Crippen LogP contribution < -0.4 is 9.64 Å². The number of anilines is 1. The molecule has 4 heteroatoms. The van der Waals surface area contributed by atoms with Crippen molar-refractivity contribution < 1.29 is 9.57 Å². The number of hydrogen-bond acceptors (Lipinski definition) is 4. The van der Waals surface area contributed by atoms with Crippen LogP contribution in [0, 0.1) is 5.41 Å². The maximum Gasteiger partial charge on any atom is 0.211 e. The van der Waals surface area contributed by atoms with Gasteiger partial charge in [0.2, 0.25) is 6.23 Å². The van der Waals surface area contributed by atoms with Crippen LogP contribution in [-0.4, -0.2) is 12.1 Å². The lowest BCUT2D eigenvalue weighted by molar-refractivity contribution is -0.0412. The number of ether oxygens (including phenoxy) is 1. The van der Waals surface area contributed by atoms with Crippen molar-refractivity contribution >= 4 is 11.5 Å². The Hall–Kier alpha value is -3.27. The van der Waals surface area contributed by atoms with Crippen LogP contribution in [0.5, 0.6) is 11.5 Å². The molecule has 156 valence electrons. The van der Waals surface area contributed by atoms with Crippen LogP contribution in [0.15, 0.2) is 71.9 Å². The van der Waals surface area contributed by atoms with E-state index in [2.05, 4.69) is 61.2 Å². The Morgan fingerprint density at radius 3 is 2.48 bits per heavy atom. The van der Waals surface area contributed by atoms with E-state index in [0.717, 1.165) is 35.7 Å². The van der Waals surface area contributed by atoms with Crippen molar-refractivity contribution in [1.29, 1.82) is 0 Å². The van der Waals surface area contributed by atoms with E-state index in [9.17, 15) is 0 Å². The molecule has 4 nitrogen and oxygen atoms in total. The first-order valence-corrected chi connectivity index (χ1v) is 11.2. The van der Waals surface area contributed by atoms with E-state index < -0.39 is 0 Å². The van der Waals surface area contributed by atoms with Crippen molar-refractivity contribution in [2.24, 2.45) is 10.6 Å². The highest BCUT2D eigenvalue weighted by atomic mass is 16.7. The molecule has 0 saturated carbocycles. The van der Waals surface area contributed by atoms with Gasteiger partial charge in [0, 0.05) is 16.5 Å². The summed E-state index contributed by atoms with van der Waals surface area (Å²) in [6.07, 6.45) is 2.01. The molecule has 0 N–H and O–H groups in total. The van der Waals surface area contributed by atoms with Gasteiger partial charge in [-0.2, -0.15) is 0 Å². The van der Waals surface area contributed by atoms with Gasteiger partial charge in [-0.15, -0.1) is 0 Å². The van der Waals surface area contributed by atoms with Crippen molar-refractivity contribution in [3.63, 3.8) is 0 Å². The highest BCUT2D eigenvalue weighted by molar-refractivity contribution is 6.20. The quantitative estimate of drug-likeness (QED) is 0.469. The predicted octanol–water partition coefficient (Wildman–Crippen LogP) is 6.91. The summed E-state index contributed by atoms with van der Waals surface area (Å²) in [6, 6.07) is 22.9. The zero-order valence-electron chi connectivity index (χ0n) is 18.1. The first-order valence-electron chi connectivity index (χ1n) is 11.2. The van der Waals surface area contributed by atoms with Crippen LogP contribution in [-0.2, 0) is 4.84 Å². The normalized spacial score (nSPS) is 21.6. The van der Waals surface area contributed by atoms with Crippen LogP contribution in [0.2, 0.25) is 0 Å². The van der Waals surface area contributed by atoms with Crippen molar-refractivity contribution in [2.45, 2.75) is 45.8 Å². The average Bonchev–Trinajstić information content (AvgIpc) is 3.27. The molecule has 0 fully saturated rings. The van der Waals surface area contributed by atoms with Crippen LogP contribution in [0.4, 0.5) is 5.69 Å². The van der Waals surface area contributed by atoms with Gasteiger partial charge in [-0.3, -0.25) is 4.90 Å². The Bertz CT molecular complexity index is 1200. The molecule has 0 aromatic heterocycles. The lowest BCUT2D eigenvalue weighted by atomic mass is 9.64. The van der Waals surface area contributed by atoms with Gasteiger partial charge in [-0.1, -0.05) is 62.3 Å². The number of oxime groups is 1. The van der Waals surface area contributed by atoms with Crippen LogP contribution in [0.1, 0.15) is 50.7 Å². The zero-order chi connectivity index (χ0) is 21.2. The maximum atomic E-state index is 6.21. The molecular weight excluding hydrogens is 384 g/mol. The van der Waals surface area contributed by atoms with E-state index >= 15 is 0 Å². The molecule has 6 rings (SSSR count). The third-order valence-corrected chi connectivity index (χ3v) is 7.65. The Labute approximate surface area is 183 Å². The Balaban J connectivity index is 1.53. The minimum absolute atomic E-state index is 0.0204. The standard InChI is InChI=1S/C27H26N2O2/c1-4-27(5-2)17(3)20-12-9-13-22-21-15-14-19(30-18-10-7-6-8-11-18)16-23(21)25-28-31-26(27)29(25)24(20)22/h6-17,26H,4-5H2,1-3H3. The first-order chi connectivity index (χ1) is 15.2. The van der Waals surface area contributed by atoms with Crippen LogP contribution >= 0.6 is 0 Å². The molecule has 3 aromatic carbocycles. The lowest BCUT2D eigenvalue weighted by Gasteiger charge is -2.51.